The van der Waals surface area contributed by atoms with Gasteiger partial charge in [0.2, 0.25) is 0 Å². The number of furan rings is 1. The summed E-state index contributed by atoms with van der Waals surface area (Å²) >= 11 is 5.77. The molecule has 34 heavy (non-hydrogen) atoms. The average molecular weight is 471 g/mol. The molecule has 0 spiro atoms. The summed E-state index contributed by atoms with van der Waals surface area (Å²) in [5.41, 5.74) is 5.01. The molecule has 0 radical (unpaired) electrons. The molecule has 1 aliphatic rings. The van der Waals surface area contributed by atoms with Gasteiger partial charge in [-0.2, -0.15) is 0 Å². The summed E-state index contributed by atoms with van der Waals surface area (Å²) in [6.07, 6.45) is 1.76. The highest BCUT2D eigenvalue weighted by molar-refractivity contribution is 7.80. The quantitative estimate of drug-likeness (QED) is 0.216. The van der Waals surface area contributed by atoms with Crippen LogP contribution in [0.15, 0.2) is 83.4 Å². The minimum Gasteiger partial charge on any atom is -0.459 e. The fourth-order valence-electron chi connectivity index (χ4n) is 4.21. The van der Waals surface area contributed by atoms with Gasteiger partial charge in [-0.1, -0.05) is 12.1 Å². The third-order valence-electron chi connectivity index (χ3n) is 6.15. The monoisotopic (exact) mass is 470 g/mol. The number of nitrogens with one attached hydrogen (secondary N) is 1. The first-order valence-electron chi connectivity index (χ1n) is 10.8. The fraction of sp³-hybridized carbons (Fsp3) is 0.154. The Morgan fingerprint density at radius 3 is 2.50 bits per heavy atom. The van der Waals surface area contributed by atoms with E-state index in [1.807, 2.05) is 30.3 Å². The average Bonchev–Trinajstić information content (AvgIpc) is 3.46. The van der Waals surface area contributed by atoms with Gasteiger partial charge >= 0.3 is 0 Å². The van der Waals surface area contributed by atoms with Crippen LogP contribution in [0, 0.1) is 24.0 Å². The Morgan fingerprint density at radius 2 is 1.82 bits per heavy atom. The lowest BCUT2D eigenvalue weighted by molar-refractivity contribution is -0.384. The number of aryl methyl sites for hydroxylation is 2. The van der Waals surface area contributed by atoms with Crippen LogP contribution in [-0.4, -0.2) is 15.0 Å². The first kappa shape index (κ1) is 21.8. The SMILES string of the molecule is Cc1ccc(N2C(=S)N[C@H](c3ccccn3)[C@H]2c2ccc(-c3ccc([N+](=O)[O-])cc3)o2)cc1C. The molecule has 8 heteroatoms. The van der Waals surface area contributed by atoms with Crippen molar-refractivity contribution in [2.45, 2.75) is 25.9 Å². The van der Waals surface area contributed by atoms with Crippen LogP contribution in [0.1, 0.15) is 34.7 Å². The summed E-state index contributed by atoms with van der Waals surface area (Å²) in [7, 11) is 0. The van der Waals surface area contributed by atoms with E-state index < -0.39 is 4.92 Å². The van der Waals surface area contributed by atoms with E-state index in [-0.39, 0.29) is 17.8 Å². The number of aromatic nitrogens is 1. The summed E-state index contributed by atoms with van der Waals surface area (Å²) in [4.78, 5) is 17.2. The second-order valence-electron chi connectivity index (χ2n) is 8.27. The van der Waals surface area contributed by atoms with Crippen molar-refractivity contribution < 1.29 is 9.34 Å². The smallest absolute Gasteiger partial charge is 0.269 e. The molecule has 0 unspecified atom stereocenters. The van der Waals surface area contributed by atoms with Crippen molar-refractivity contribution in [3.05, 3.63) is 112 Å². The molecular weight excluding hydrogens is 448 g/mol. The fourth-order valence-corrected chi connectivity index (χ4v) is 4.56. The molecule has 170 valence electrons. The summed E-state index contributed by atoms with van der Waals surface area (Å²) in [6.45, 7) is 4.16. The number of hydrogen-bond donors (Lipinski definition) is 1. The maximum Gasteiger partial charge on any atom is 0.269 e. The molecule has 0 aliphatic carbocycles. The third-order valence-corrected chi connectivity index (χ3v) is 6.46. The van der Waals surface area contributed by atoms with Crippen molar-refractivity contribution in [2.24, 2.45) is 0 Å². The number of nitro groups is 1. The molecule has 1 saturated heterocycles. The minimum atomic E-state index is -0.415. The van der Waals surface area contributed by atoms with Crippen LogP contribution in [0.25, 0.3) is 11.3 Å². The second kappa shape index (κ2) is 8.72. The van der Waals surface area contributed by atoms with Crippen LogP contribution in [0.2, 0.25) is 0 Å². The van der Waals surface area contributed by atoms with Gasteiger partial charge in [0.05, 0.1) is 16.7 Å². The van der Waals surface area contributed by atoms with Gasteiger partial charge in [0, 0.05) is 29.6 Å². The van der Waals surface area contributed by atoms with Gasteiger partial charge in [-0.15, -0.1) is 0 Å². The second-order valence-corrected chi connectivity index (χ2v) is 8.66. The summed E-state index contributed by atoms with van der Waals surface area (Å²) < 4.78 is 6.32. The Labute approximate surface area is 202 Å². The number of benzene rings is 2. The van der Waals surface area contributed by atoms with E-state index in [2.05, 4.69) is 47.2 Å². The first-order valence-corrected chi connectivity index (χ1v) is 11.3. The molecule has 2 atom stereocenters. The lowest BCUT2D eigenvalue weighted by atomic mass is 10.0. The van der Waals surface area contributed by atoms with Gasteiger partial charge in [0.1, 0.15) is 17.6 Å². The summed E-state index contributed by atoms with van der Waals surface area (Å²) in [6, 6.07) is 21.7. The molecule has 3 heterocycles. The third kappa shape index (κ3) is 3.92. The first-order chi connectivity index (χ1) is 16.4. The molecule has 4 aromatic rings. The zero-order chi connectivity index (χ0) is 23.8. The van der Waals surface area contributed by atoms with Crippen LogP contribution >= 0.6 is 12.2 Å². The molecule has 1 N–H and O–H groups in total. The van der Waals surface area contributed by atoms with E-state index in [0.717, 1.165) is 22.7 Å². The Kier molecular flexibility index (Phi) is 5.59. The van der Waals surface area contributed by atoms with Crippen molar-refractivity contribution >= 4 is 28.7 Å². The topological polar surface area (TPSA) is 84.4 Å². The van der Waals surface area contributed by atoms with Crippen LogP contribution in [0.5, 0.6) is 0 Å². The zero-order valence-electron chi connectivity index (χ0n) is 18.6. The molecule has 1 aliphatic heterocycles. The van der Waals surface area contributed by atoms with E-state index in [1.165, 1.54) is 23.3 Å². The Hall–Kier alpha value is -4.04. The highest BCUT2D eigenvalue weighted by atomic mass is 32.1. The van der Waals surface area contributed by atoms with Gasteiger partial charge < -0.3 is 14.6 Å². The molecule has 5 rings (SSSR count). The largest absolute Gasteiger partial charge is 0.459 e. The highest BCUT2D eigenvalue weighted by Gasteiger charge is 2.42. The maximum absolute atomic E-state index is 11.0. The van der Waals surface area contributed by atoms with Crippen LogP contribution in [0.4, 0.5) is 11.4 Å². The molecule has 0 amide bonds. The van der Waals surface area contributed by atoms with E-state index in [1.54, 1.807) is 18.3 Å². The Bertz CT molecular complexity index is 1370. The van der Waals surface area contributed by atoms with Crippen molar-refractivity contribution in [3.63, 3.8) is 0 Å². The van der Waals surface area contributed by atoms with Crippen molar-refractivity contribution in [1.82, 2.24) is 10.3 Å². The van der Waals surface area contributed by atoms with Crippen LogP contribution < -0.4 is 10.2 Å². The van der Waals surface area contributed by atoms with E-state index >= 15 is 0 Å². The Morgan fingerprint density at radius 1 is 1.03 bits per heavy atom. The maximum atomic E-state index is 11.0. The minimum absolute atomic E-state index is 0.0389. The summed E-state index contributed by atoms with van der Waals surface area (Å²) in [5, 5.41) is 15.0. The number of thiocarbonyl (C=S) groups is 1. The molecule has 7 nitrogen and oxygen atoms in total. The predicted octanol–water partition coefficient (Wildman–Crippen LogP) is 6.04. The lowest BCUT2D eigenvalue weighted by Crippen LogP contribution is -2.29. The van der Waals surface area contributed by atoms with Crippen molar-refractivity contribution in [2.75, 3.05) is 4.90 Å². The number of nitro benzene ring substituents is 1. The Balaban J connectivity index is 1.57. The molecule has 2 aromatic heterocycles. The zero-order valence-corrected chi connectivity index (χ0v) is 19.5. The predicted molar refractivity (Wildman–Crippen MR) is 135 cm³/mol. The van der Waals surface area contributed by atoms with Crippen molar-refractivity contribution in [3.8, 4) is 11.3 Å². The standard InChI is InChI=1S/C26H22N4O3S/c1-16-6-9-20(15-17(16)2)29-25(24(28-26(29)34)21-5-3-4-14-27-21)23-13-12-22(33-23)18-7-10-19(11-8-18)30(31)32/h3-15,24-25H,1-2H3,(H,28,34)/t24-,25-/m1/s1. The number of anilines is 1. The highest BCUT2D eigenvalue weighted by Crippen LogP contribution is 2.43. The van der Waals surface area contributed by atoms with Gasteiger partial charge in [-0.25, -0.2) is 0 Å². The van der Waals surface area contributed by atoms with E-state index in [4.69, 9.17) is 16.6 Å². The molecule has 0 bridgehead atoms. The molecule has 0 saturated carbocycles. The van der Waals surface area contributed by atoms with Crippen LogP contribution in [-0.2, 0) is 0 Å². The number of non-ortho nitro benzene ring substituents is 1. The van der Waals surface area contributed by atoms with E-state index in [0.29, 0.717) is 10.9 Å². The molecule has 2 aromatic carbocycles. The number of rotatable bonds is 5. The van der Waals surface area contributed by atoms with Gasteiger partial charge in [-0.3, -0.25) is 15.1 Å². The van der Waals surface area contributed by atoms with Gasteiger partial charge in [0.15, 0.2) is 5.11 Å². The summed E-state index contributed by atoms with van der Waals surface area (Å²) in [5.74, 6) is 1.34. The van der Waals surface area contributed by atoms with Gasteiger partial charge in [0.25, 0.3) is 5.69 Å². The van der Waals surface area contributed by atoms with Gasteiger partial charge in [-0.05, 0) is 85.7 Å². The number of nitrogens with zero attached hydrogens (tertiary/aromatic N) is 3. The number of pyridine rings is 1. The number of hydrogen-bond acceptors (Lipinski definition) is 5. The van der Waals surface area contributed by atoms with E-state index in [9.17, 15) is 10.1 Å². The lowest BCUT2D eigenvalue weighted by Gasteiger charge is -2.26. The van der Waals surface area contributed by atoms with Crippen molar-refractivity contribution in [1.29, 1.82) is 0 Å². The molecular formula is C26H22N4O3S. The van der Waals surface area contributed by atoms with Crippen LogP contribution in [0.3, 0.4) is 0 Å². The molecule has 1 fully saturated rings. The normalized spacial score (nSPS) is 17.6.